The zero-order valence-electron chi connectivity index (χ0n) is 11.4. The minimum atomic E-state index is -4.44. The van der Waals surface area contributed by atoms with Gasteiger partial charge in [0, 0.05) is 6.54 Å². The Hall–Kier alpha value is -1.76. The van der Waals surface area contributed by atoms with E-state index in [2.05, 4.69) is 16.0 Å². The number of amides is 1. The van der Waals surface area contributed by atoms with Crippen molar-refractivity contribution in [3.8, 4) is 0 Å². The molecule has 0 aromatic heterocycles. The van der Waals surface area contributed by atoms with E-state index in [1.54, 1.807) is 7.05 Å². The second kappa shape index (κ2) is 7.14. The first-order chi connectivity index (χ1) is 9.38. The van der Waals surface area contributed by atoms with E-state index in [0.29, 0.717) is 12.2 Å². The van der Waals surface area contributed by atoms with Crippen LogP contribution in [0.1, 0.15) is 18.9 Å². The molecule has 0 heterocycles. The molecule has 1 rings (SSSR count). The Morgan fingerprint density at radius 1 is 1.25 bits per heavy atom. The van der Waals surface area contributed by atoms with Crippen molar-refractivity contribution in [1.29, 1.82) is 0 Å². The van der Waals surface area contributed by atoms with Crippen molar-refractivity contribution in [1.82, 2.24) is 5.32 Å². The van der Waals surface area contributed by atoms with E-state index in [9.17, 15) is 18.0 Å². The van der Waals surface area contributed by atoms with Crippen molar-refractivity contribution >= 4 is 17.3 Å². The number of rotatable bonds is 6. The molecule has 0 bridgehead atoms. The standard InChI is InChI=1S/C13H18F3N3O/c1-3-6-18-10-5-4-9(13(14,15)16)7-11(10)19-12(20)8-17-2/h4-5,7,17-18H,3,6,8H2,1-2H3,(H,19,20). The second-order valence-corrected chi connectivity index (χ2v) is 4.26. The molecule has 0 spiro atoms. The van der Waals surface area contributed by atoms with E-state index in [-0.39, 0.29) is 12.2 Å². The minimum absolute atomic E-state index is 0.0312. The highest BCUT2D eigenvalue weighted by Gasteiger charge is 2.31. The molecular formula is C13H18F3N3O. The van der Waals surface area contributed by atoms with Gasteiger partial charge < -0.3 is 16.0 Å². The monoisotopic (exact) mass is 289 g/mol. The maximum Gasteiger partial charge on any atom is 0.416 e. The summed E-state index contributed by atoms with van der Waals surface area (Å²) < 4.78 is 38.1. The third kappa shape index (κ3) is 4.73. The summed E-state index contributed by atoms with van der Waals surface area (Å²) in [5.74, 6) is -0.397. The molecule has 1 amide bonds. The first-order valence-electron chi connectivity index (χ1n) is 6.28. The van der Waals surface area contributed by atoms with Crippen LogP contribution in [0.15, 0.2) is 18.2 Å². The topological polar surface area (TPSA) is 53.2 Å². The smallest absolute Gasteiger partial charge is 0.383 e. The molecule has 0 fully saturated rings. The fourth-order valence-electron chi connectivity index (χ4n) is 1.59. The maximum absolute atomic E-state index is 12.7. The van der Waals surface area contributed by atoms with Crippen molar-refractivity contribution in [3.63, 3.8) is 0 Å². The Labute approximate surface area is 115 Å². The summed E-state index contributed by atoms with van der Waals surface area (Å²) in [5, 5.41) is 8.10. The largest absolute Gasteiger partial charge is 0.416 e. The molecule has 0 saturated carbocycles. The molecule has 0 aliphatic heterocycles. The van der Waals surface area contributed by atoms with Gasteiger partial charge in [-0.1, -0.05) is 6.92 Å². The lowest BCUT2D eigenvalue weighted by molar-refractivity contribution is -0.137. The lowest BCUT2D eigenvalue weighted by Gasteiger charge is -2.15. The predicted molar refractivity (Wildman–Crippen MR) is 72.8 cm³/mol. The fourth-order valence-corrected chi connectivity index (χ4v) is 1.59. The van der Waals surface area contributed by atoms with Crippen LogP contribution in [-0.2, 0) is 11.0 Å². The number of alkyl halides is 3. The summed E-state index contributed by atoms with van der Waals surface area (Å²) in [6.45, 7) is 2.58. The third-order valence-electron chi connectivity index (χ3n) is 2.52. The SMILES string of the molecule is CCCNc1ccc(C(F)(F)F)cc1NC(=O)CNC. The zero-order chi connectivity index (χ0) is 15.2. The highest BCUT2D eigenvalue weighted by molar-refractivity contribution is 5.95. The molecule has 1 aromatic rings. The van der Waals surface area contributed by atoms with Crippen LogP contribution in [-0.4, -0.2) is 26.0 Å². The zero-order valence-corrected chi connectivity index (χ0v) is 11.4. The maximum atomic E-state index is 12.7. The Morgan fingerprint density at radius 3 is 2.50 bits per heavy atom. The van der Waals surface area contributed by atoms with Crippen LogP contribution in [0, 0.1) is 0 Å². The van der Waals surface area contributed by atoms with Crippen molar-refractivity contribution in [3.05, 3.63) is 23.8 Å². The van der Waals surface area contributed by atoms with E-state index in [1.807, 2.05) is 6.92 Å². The molecule has 112 valence electrons. The summed E-state index contributed by atoms with van der Waals surface area (Å²) in [5.41, 5.74) is -0.183. The van der Waals surface area contributed by atoms with Gasteiger partial charge in [0.25, 0.3) is 0 Å². The van der Waals surface area contributed by atoms with Crippen LogP contribution in [0.3, 0.4) is 0 Å². The van der Waals surface area contributed by atoms with Crippen molar-refractivity contribution in [2.24, 2.45) is 0 Å². The quantitative estimate of drug-likeness (QED) is 0.754. The number of nitrogens with one attached hydrogen (secondary N) is 3. The van der Waals surface area contributed by atoms with E-state index in [1.165, 1.54) is 6.07 Å². The first-order valence-corrected chi connectivity index (χ1v) is 6.28. The summed E-state index contributed by atoms with van der Waals surface area (Å²) in [6, 6.07) is 3.25. The number of likely N-dealkylation sites (N-methyl/N-ethyl adjacent to an activating group) is 1. The molecule has 4 nitrogen and oxygen atoms in total. The highest BCUT2D eigenvalue weighted by Crippen LogP contribution is 2.34. The van der Waals surface area contributed by atoms with E-state index >= 15 is 0 Å². The number of hydrogen-bond acceptors (Lipinski definition) is 3. The van der Waals surface area contributed by atoms with Gasteiger partial charge in [-0.05, 0) is 31.7 Å². The molecule has 0 radical (unpaired) electrons. The number of halogens is 3. The Balaban J connectivity index is 3.02. The average molecular weight is 289 g/mol. The molecule has 7 heteroatoms. The van der Waals surface area contributed by atoms with Crippen molar-refractivity contribution in [2.45, 2.75) is 19.5 Å². The van der Waals surface area contributed by atoms with Crippen LogP contribution in [0.5, 0.6) is 0 Å². The fraction of sp³-hybridized carbons (Fsp3) is 0.462. The molecule has 1 aromatic carbocycles. The van der Waals surface area contributed by atoms with Crippen molar-refractivity contribution in [2.75, 3.05) is 30.8 Å². The van der Waals surface area contributed by atoms with E-state index < -0.39 is 17.6 Å². The molecule has 0 saturated heterocycles. The lowest BCUT2D eigenvalue weighted by Crippen LogP contribution is -2.25. The summed E-state index contributed by atoms with van der Waals surface area (Å²) in [6.07, 6.45) is -3.61. The summed E-state index contributed by atoms with van der Waals surface area (Å²) in [7, 11) is 1.59. The van der Waals surface area contributed by atoms with Crippen LogP contribution in [0.25, 0.3) is 0 Å². The molecule has 0 unspecified atom stereocenters. The van der Waals surface area contributed by atoms with Gasteiger partial charge in [-0.25, -0.2) is 0 Å². The van der Waals surface area contributed by atoms with Crippen molar-refractivity contribution < 1.29 is 18.0 Å². The number of carbonyl (C=O) groups is 1. The van der Waals surface area contributed by atoms with Gasteiger partial charge in [0.1, 0.15) is 0 Å². The molecule has 0 aliphatic rings. The molecule has 0 atom stereocenters. The molecule has 20 heavy (non-hydrogen) atoms. The van der Waals surface area contributed by atoms with E-state index in [0.717, 1.165) is 18.6 Å². The van der Waals surface area contributed by atoms with Crippen LogP contribution < -0.4 is 16.0 Å². The second-order valence-electron chi connectivity index (χ2n) is 4.26. The highest BCUT2D eigenvalue weighted by atomic mass is 19.4. The first kappa shape index (κ1) is 16.3. The van der Waals surface area contributed by atoms with Gasteiger partial charge in [-0.3, -0.25) is 4.79 Å². The molecular weight excluding hydrogens is 271 g/mol. The van der Waals surface area contributed by atoms with Gasteiger partial charge >= 0.3 is 6.18 Å². The molecule has 0 aliphatic carbocycles. The van der Waals surface area contributed by atoms with Gasteiger partial charge in [0.15, 0.2) is 0 Å². The number of anilines is 2. The lowest BCUT2D eigenvalue weighted by atomic mass is 10.1. The Bertz CT molecular complexity index is 461. The van der Waals surface area contributed by atoms with Crippen LogP contribution in [0.4, 0.5) is 24.5 Å². The van der Waals surface area contributed by atoms with Gasteiger partial charge in [0.2, 0.25) is 5.91 Å². The summed E-state index contributed by atoms with van der Waals surface area (Å²) in [4.78, 5) is 11.5. The molecule has 3 N–H and O–H groups in total. The number of carbonyl (C=O) groups excluding carboxylic acids is 1. The number of benzene rings is 1. The third-order valence-corrected chi connectivity index (χ3v) is 2.52. The predicted octanol–water partition coefficient (Wildman–Crippen LogP) is 2.69. The Kier molecular flexibility index (Phi) is 5.82. The Morgan fingerprint density at radius 2 is 1.95 bits per heavy atom. The van der Waals surface area contributed by atoms with Gasteiger partial charge in [-0.15, -0.1) is 0 Å². The average Bonchev–Trinajstić information content (AvgIpc) is 2.36. The summed E-state index contributed by atoms with van der Waals surface area (Å²) >= 11 is 0. The number of hydrogen-bond donors (Lipinski definition) is 3. The van der Waals surface area contributed by atoms with E-state index in [4.69, 9.17) is 0 Å². The van der Waals surface area contributed by atoms with Crippen LogP contribution in [0.2, 0.25) is 0 Å². The van der Waals surface area contributed by atoms with Crippen LogP contribution >= 0.6 is 0 Å². The minimum Gasteiger partial charge on any atom is -0.383 e. The van der Waals surface area contributed by atoms with Gasteiger partial charge in [0.05, 0.1) is 23.5 Å². The normalized spacial score (nSPS) is 11.2. The van der Waals surface area contributed by atoms with Gasteiger partial charge in [-0.2, -0.15) is 13.2 Å².